The van der Waals surface area contributed by atoms with Crippen LogP contribution in [0.3, 0.4) is 0 Å². The van der Waals surface area contributed by atoms with Gasteiger partial charge in [0.25, 0.3) is 0 Å². The Balaban J connectivity index is 1.69. The van der Waals surface area contributed by atoms with Crippen LogP contribution in [-0.2, 0) is 4.79 Å². The van der Waals surface area contributed by atoms with E-state index in [9.17, 15) is 4.79 Å². The van der Waals surface area contributed by atoms with Crippen molar-refractivity contribution in [3.05, 3.63) is 0 Å². The lowest BCUT2D eigenvalue weighted by Crippen LogP contribution is -2.42. The van der Waals surface area contributed by atoms with E-state index >= 15 is 0 Å². The molecule has 1 saturated carbocycles. The third kappa shape index (κ3) is 4.71. The lowest BCUT2D eigenvalue weighted by molar-refractivity contribution is -0.132. The zero-order valence-electron chi connectivity index (χ0n) is 15.2. The molecule has 2 rings (SSSR count). The number of rotatable bonds is 5. The van der Waals surface area contributed by atoms with E-state index in [2.05, 4.69) is 18.7 Å². The van der Waals surface area contributed by atoms with Crippen molar-refractivity contribution in [2.45, 2.75) is 71.8 Å². The minimum Gasteiger partial charge on any atom is -0.343 e. The number of piperidine rings is 1. The van der Waals surface area contributed by atoms with Gasteiger partial charge in [-0.05, 0) is 69.4 Å². The van der Waals surface area contributed by atoms with E-state index in [4.69, 9.17) is 0 Å². The molecular weight excluding hydrogens is 272 g/mol. The Morgan fingerprint density at radius 1 is 1.09 bits per heavy atom. The van der Waals surface area contributed by atoms with Gasteiger partial charge in [0, 0.05) is 26.1 Å². The molecule has 0 aromatic carbocycles. The number of hydrogen-bond donors (Lipinski definition) is 0. The van der Waals surface area contributed by atoms with Crippen LogP contribution in [0.2, 0.25) is 0 Å². The molecule has 128 valence electrons. The van der Waals surface area contributed by atoms with Gasteiger partial charge >= 0.3 is 0 Å². The number of amides is 1. The molecule has 1 amide bonds. The molecule has 0 aromatic heterocycles. The average molecular weight is 309 g/mol. The van der Waals surface area contributed by atoms with Crippen molar-refractivity contribution >= 4 is 5.91 Å². The lowest BCUT2D eigenvalue weighted by Gasteiger charge is -2.39. The van der Waals surface area contributed by atoms with Crippen molar-refractivity contribution in [2.24, 2.45) is 17.8 Å². The molecule has 22 heavy (non-hydrogen) atoms. The fourth-order valence-corrected chi connectivity index (χ4v) is 4.34. The second-order valence-corrected chi connectivity index (χ2v) is 7.91. The molecular formula is C19H36N2O. The predicted octanol–water partition coefficient (Wildman–Crippen LogP) is 3.78. The van der Waals surface area contributed by atoms with Gasteiger partial charge in [0.15, 0.2) is 0 Å². The van der Waals surface area contributed by atoms with E-state index in [0.717, 1.165) is 17.8 Å². The van der Waals surface area contributed by atoms with Crippen LogP contribution in [0.4, 0.5) is 0 Å². The van der Waals surface area contributed by atoms with Crippen molar-refractivity contribution < 1.29 is 4.79 Å². The zero-order chi connectivity index (χ0) is 16.1. The highest BCUT2D eigenvalue weighted by Gasteiger charge is 2.28. The summed E-state index contributed by atoms with van der Waals surface area (Å²) < 4.78 is 0. The molecule has 3 nitrogen and oxygen atoms in total. The van der Waals surface area contributed by atoms with Gasteiger partial charge < -0.3 is 9.80 Å². The summed E-state index contributed by atoms with van der Waals surface area (Å²) >= 11 is 0. The van der Waals surface area contributed by atoms with Crippen molar-refractivity contribution in [1.29, 1.82) is 0 Å². The van der Waals surface area contributed by atoms with Gasteiger partial charge in [-0.15, -0.1) is 0 Å². The molecule has 1 saturated heterocycles. The molecule has 0 aromatic rings. The average Bonchev–Trinajstić information content (AvgIpc) is 2.54. The van der Waals surface area contributed by atoms with Crippen LogP contribution < -0.4 is 0 Å². The minimum atomic E-state index is 0.305. The second-order valence-electron chi connectivity index (χ2n) is 7.91. The molecule has 0 N–H and O–H groups in total. The minimum absolute atomic E-state index is 0.305. The Kier molecular flexibility index (Phi) is 6.73. The Bertz CT molecular complexity index is 339. The molecule has 1 heterocycles. The van der Waals surface area contributed by atoms with Crippen LogP contribution in [-0.4, -0.2) is 48.4 Å². The second kappa shape index (κ2) is 8.33. The first kappa shape index (κ1) is 17.8. The summed E-state index contributed by atoms with van der Waals surface area (Å²) in [5.41, 5.74) is 0. The standard InChI is InChI=1S/C19H36N2O/c1-5-19(22)20(4)18-8-6-16(7-9-18)14-21-12-10-17(11-13-21)15(2)3/h15-18H,5-14H2,1-4H3. The van der Waals surface area contributed by atoms with Gasteiger partial charge in [0.2, 0.25) is 5.91 Å². The lowest BCUT2D eigenvalue weighted by atomic mass is 9.83. The summed E-state index contributed by atoms with van der Waals surface area (Å²) in [5, 5.41) is 0. The first-order valence-electron chi connectivity index (χ1n) is 9.49. The van der Waals surface area contributed by atoms with E-state index in [-0.39, 0.29) is 0 Å². The third-order valence-electron chi connectivity index (χ3n) is 6.15. The Hall–Kier alpha value is -0.570. The molecule has 0 spiro atoms. The quantitative estimate of drug-likeness (QED) is 0.771. The fraction of sp³-hybridized carbons (Fsp3) is 0.947. The Labute approximate surface area is 137 Å². The number of hydrogen-bond acceptors (Lipinski definition) is 2. The topological polar surface area (TPSA) is 23.6 Å². The van der Waals surface area contributed by atoms with E-state index in [1.54, 1.807) is 0 Å². The van der Waals surface area contributed by atoms with Crippen LogP contribution in [0.15, 0.2) is 0 Å². The highest BCUT2D eigenvalue weighted by Crippen LogP contribution is 2.30. The molecule has 1 aliphatic heterocycles. The molecule has 0 unspecified atom stereocenters. The fourth-order valence-electron chi connectivity index (χ4n) is 4.34. The van der Waals surface area contributed by atoms with Crippen molar-refractivity contribution in [3.8, 4) is 0 Å². The van der Waals surface area contributed by atoms with Crippen molar-refractivity contribution in [1.82, 2.24) is 9.80 Å². The third-order valence-corrected chi connectivity index (χ3v) is 6.15. The van der Waals surface area contributed by atoms with Crippen molar-refractivity contribution in [2.75, 3.05) is 26.7 Å². The first-order valence-corrected chi connectivity index (χ1v) is 9.49. The summed E-state index contributed by atoms with van der Waals surface area (Å²) in [6, 6.07) is 0.496. The Morgan fingerprint density at radius 2 is 1.68 bits per heavy atom. The molecule has 2 aliphatic rings. The van der Waals surface area contributed by atoms with Crippen LogP contribution in [0, 0.1) is 17.8 Å². The maximum atomic E-state index is 11.8. The van der Waals surface area contributed by atoms with E-state index in [0.29, 0.717) is 18.4 Å². The van der Waals surface area contributed by atoms with E-state index in [1.165, 1.54) is 58.2 Å². The maximum Gasteiger partial charge on any atom is 0.222 e. The molecule has 3 heteroatoms. The van der Waals surface area contributed by atoms with Gasteiger partial charge in [-0.1, -0.05) is 20.8 Å². The molecule has 2 fully saturated rings. The summed E-state index contributed by atoms with van der Waals surface area (Å²) in [6.07, 6.45) is 8.43. The number of carbonyl (C=O) groups is 1. The highest BCUT2D eigenvalue weighted by atomic mass is 16.2. The summed E-state index contributed by atoms with van der Waals surface area (Å²) in [4.78, 5) is 16.5. The summed E-state index contributed by atoms with van der Waals surface area (Å²) in [7, 11) is 1.99. The SMILES string of the molecule is CCC(=O)N(C)C1CCC(CN2CCC(C(C)C)CC2)CC1. The number of nitrogens with zero attached hydrogens (tertiary/aromatic N) is 2. The van der Waals surface area contributed by atoms with Gasteiger partial charge in [-0.3, -0.25) is 4.79 Å². The normalized spacial score (nSPS) is 28.0. The van der Waals surface area contributed by atoms with E-state index in [1.807, 2.05) is 18.9 Å². The van der Waals surface area contributed by atoms with Crippen LogP contribution >= 0.6 is 0 Å². The van der Waals surface area contributed by atoms with Gasteiger partial charge in [-0.2, -0.15) is 0 Å². The highest BCUT2D eigenvalue weighted by molar-refractivity contribution is 5.75. The zero-order valence-corrected chi connectivity index (χ0v) is 15.2. The van der Waals surface area contributed by atoms with Crippen molar-refractivity contribution in [3.63, 3.8) is 0 Å². The van der Waals surface area contributed by atoms with Crippen LogP contribution in [0.5, 0.6) is 0 Å². The van der Waals surface area contributed by atoms with Gasteiger partial charge in [-0.25, -0.2) is 0 Å². The number of likely N-dealkylation sites (tertiary alicyclic amines) is 1. The molecule has 1 aliphatic carbocycles. The van der Waals surface area contributed by atoms with Crippen LogP contribution in [0.1, 0.15) is 65.7 Å². The monoisotopic (exact) mass is 308 g/mol. The predicted molar refractivity (Wildman–Crippen MR) is 92.8 cm³/mol. The van der Waals surface area contributed by atoms with Crippen LogP contribution in [0.25, 0.3) is 0 Å². The van der Waals surface area contributed by atoms with Gasteiger partial charge in [0.05, 0.1) is 0 Å². The molecule has 0 atom stereocenters. The summed E-state index contributed by atoms with van der Waals surface area (Å²) in [6.45, 7) is 10.6. The summed E-state index contributed by atoms with van der Waals surface area (Å²) in [5.74, 6) is 2.96. The van der Waals surface area contributed by atoms with E-state index < -0.39 is 0 Å². The smallest absolute Gasteiger partial charge is 0.222 e. The Morgan fingerprint density at radius 3 is 2.18 bits per heavy atom. The molecule has 0 radical (unpaired) electrons. The largest absolute Gasteiger partial charge is 0.343 e. The number of carbonyl (C=O) groups excluding carboxylic acids is 1. The first-order chi connectivity index (χ1) is 10.5. The van der Waals surface area contributed by atoms with Gasteiger partial charge in [0.1, 0.15) is 0 Å². The maximum absolute atomic E-state index is 11.8. The molecule has 0 bridgehead atoms.